The zero-order valence-electron chi connectivity index (χ0n) is 19.3. The van der Waals surface area contributed by atoms with Crippen LogP contribution < -0.4 is 9.47 Å². The van der Waals surface area contributed by atoms with Crippen LogP contribution in [0, 0.1) is 0 Å². The Bertz CT molecular complexity index is 1170. The third kappa shape index (κ3) is 4.93. The fraction of sp³-hybridized carbons (Fsp3) is 0.385. The Morgan fingerprint density at radius 3 is 2.51 bits per heavy atom. The van der Waals surface area contributed by atoms with E-state index in [1.807, 2.05) is 0 Å². The first kappa shape index (κ1) is 24.2. The van der Waals surface area contributed by atoms with Crippen LogP contribution in [0.15, 0.2) is 47.4 Å². The van der Waals surface area contributed by atoms with Gasteiger partial charge in [0.25, 0.3) is 0 Å². The number of piperidine rings is 1. The topological polar surface area (TPSA) is 85.3 Å². The van der Waals surface area contributed by atoms with Gasteiger partial charge in [-0.1, -0.05) is 11.6 Å². The van der Waals surface area contributed by atoms with Crippen molar-refractivity contribution < 1.29 is 28.9 Å². The number of ether oxygens (including phenoxy) is 3. The highest BCUT2D eigenvalue weighted by Crippen LogP contribution is 2.47. The number of fused-ring (bicyclic) bond motifs is 2. The molecule has 1 spiro atoms. The lowest BCUT2D eigenvalue weighted by molar-refractivity contribution is -0.111. The van der Waals surface area contributed by atoms with E-state index in [4.69, 9.17) is 25.8 Å². The number of allylic oxidation sites excluding steroid dienone is 1. The molecule has 35 heavy (non-hydrogen) atoms. The van der Waals surface area contributed by atoms with E-state index in [0.717, 1.165) is 25.9 Å². The Labute approximate surface area is 213 Å². The van der Waals surface area contributed by atoms with Gasteiger partial charge in [-0.05, 0) is 42.5 Å². The van der Waals surface area contributed by atoms with Gasteiger partial charge in [-0.25, -0.2) is 0 Å². The van der Waals surface area contributed by atoms with Crippen LogP contribution in [0.3, 0.4) is 0 Å². The van der Waals surface area contributed by atoms with E-state index < -0.39 is 23.3 Å². The minimum absolute atomic E-state index is 0.197. The molecule has 1 atom stereocenters. The molecule has 1 fully saturated rings. The fourth-order valence-corrected chi connectivity index (χ4v) is 6.02. The van der Waals surface area contributed by atoms with Crippen molar-refractivity contribution in [1.82, 2.24) is 4.90 Å². The largest absolute Gasteiger partial charge is 0.497 e. The molecule has 9 heteroatoms. The molecule has 0 amide bonds. The first-order chi connectivity index (χ1) is 16.9. The van der Waals surface area contributed by atoms with E-state index in [1.165, 1.54) is 18.9 Å². The van der Waals surface area contributed by atoms with Crippen LogP contribution in [0.25, 0.3) is 5.76 Å². The molecule has 184 valence electrons. The molecule has 2 aliphatic heterocycles. The lowest BCUT2D eigenvalue weighted by atomic mass is 9.89. The highest BCUT2D eigenvalue weighted by atomic mass is 35.5. The molecule has 7 nitrogen and oxygen atoms in total. The van der Waals surface area contributed by atoms with Gasteiger partial charge >= 0.3 is 0 Å². The summed E-state index contributed by atoms with van der Waals surface area (Å²) >= 11 is 7.31. The molecular weight excluding hydrogens is 490 g/mol. The smallest absolute Gasteiger partial charge is 0.243 e. The number of carbonyl (C=O) groups is 2. The SMILES string of the molecule is COc1ccc2c(c1)C(=O)C(=O)C1=C2OC2(CCN(C[C@H](O)COc3ccc(Cl)cc3)CC2)CS1. The Morgan fingerprint density at radius 1 is 1.09 bits per heavy atom. The summed E-state index contributed by atoms with van der Waals surface area (Å²) in [4.78, 5) is 28.0. The second-order valence-electron chi connectivity index (χ2n) is 9.02. The molecule has 2 aromatic carbocycles. The van der Waals surface area contributed by atoms with E-state index in [9.17, 15) is 14.7 Å². The second-order valence-corrected chi connectivity index (χ2v) is 10.4. The summed E-state index contributed by atoms with van der Waals surface area (Å²) in [5.74, 6) is 1.29. The third-order valence-electron chi connectivity index (χ3n) is 6.63. The highest BCUT2D eigenvalue weighted by Gasteiger charge is 2.46. The molecule has 0 unspecified atom stereocenters. The lowest BCUT2D eigenvalue weighted by Crippen LogP contribution is -2.51. The number of methoxy groups -OCH3 is 1. The number of likely N-dealkylation sites (tertiary alicyclic amines) is 1. The normalized spacial score (nSPS) is 20.2. The number of β-amino-alcohol motifs (C(OH)–C–C–N with tert-alkyl or cyclic N) is 1. The number of Topliss-reactive ketones (excluding diaryl/α,β-unsaturated/α-hetero) is 2. The van der Waals surface area contributed by atoms with Crippen LogP contribution in [0.5, 0.6) is 11.5 Å². The molecule has 0 aromatic heterocycles. The maximum absolute atomic E-state index is 12.7. The van der Waals surface area contributed by atoms with E-state index in [1.54, 1.807) is 42.5 Å². The number of nitrogens with zero attached hydrogens (tertiary/aromatic N) is 1. The summed E-state index contributed by atoms with van der Waals surface area (Å²) in [6.07, 6.45) is 0.893. The van der Waals surface area contributed by atoms with E-state index in [2.05, 4.69) is 4.90 Å². The van der Waals surface area contributed by atoms with Crippen molar-refractivity contribution in [2.24, 2.45) is 0 Å². The summed E-state index contributed by atoms with van der Waals surface area (Å²) in [6.45, 7) is 2.20. The number of aliphatic hydroxyl groups excluding tert-OH is 1. The predicted molar refractivity (Wildman–Crippen MR) is 134 cm³/mol. The van der Waals surface area contributed by atoms with Crippen LogP contribution in [-0.2, 0) is 9.53 Å². The number of thioether (sulfide) groups is 1. The Kier molecular flexibility index (Phi) is 6.81. The quantitative estimate of drug-likeness (QED) is 0.581. The number of hydrogen-bond donors (Lipinski definition) is 1. The molecule has 2 heterocycles. The van der Waals surface area contributed by atoms with Crippen LogP contribution in [0.2, 0.25) is 5.02 Å². The van der Waals surface area contributed by atoms with Crippen LogP contribution >= 0.6 is 23.4 Å². The Balaban J connectivity index is 1.21. The van der Waals surface area contributed by atoms with Crippen molar-refractivity contribution >= 4 is 40.7 Å². The summed E-state index contributed by atoms with van der Waals surface area (Å²) in [5, 5.41) is 11.1. The van der Waals surface area contributed by atoms with Crippen molar-refractivity contribution in [3.8, 4) is 11.5 Å². The molecular formula is C26H26ClNO6S. The molecule has 5 rings (SSSR count). The van der Waals surface area contributed by atoms with Gasteiger partial charge < -0.3 is 24.2 Å². The minimum atomic E-state index is -0.625. The van der Waals surface area contributed by atoms with Crippen molar-refractivity contribution in [1.29, 1.82) is 0 Å². The van der Waals surface area contributed by atoms with Crippen molar-refractivity contribution in [3.63, 3.8) is 0 Å². The Morgan fingerprint density at radius 2 is 1.80 bits per heavy atom. The number of aliphatic hydroxyl groups is 1. The van der Waals surface area contributed by atoms with Gasteiger partial charge in [0.1, 0.15) is 40.5 Å². The van der Waals surface area contributed by atoms with Gasteiger partial charge in [-0.15, -0.1) is 11.8 Å². The second kappa shape index (κ2) is 9.85. The van der Waals surface area contributed by atoms with Gasteiger partial charge in [0.2, 0.25) is 11.6 Å². The summed E-state index contributed by atoms with van der Waals surface area (Å²) in [6, 6.07) is 12.2. The van der Waals surface area contributed by atoms with E-state index in [0.29, 0.717) is 50.6 Å². The molecule has 0 bridgehead atoms. The monoisotopic (exact) mass is 515 g/mol. The van der Waals surface area contributed by atoms with Crippen molar-refractivity contribution in [2.75, 3.05) is 39.1 Å². The molecule has 1 saturated heterocycles. The number of ketones is 2. The molecule has 3 aliphatic rings. The first-order valence-electron chi connectivity index (χ1n) is 11.5. The first-order valence-corrected chi connectivity index (χ1v) is 12.9. The molecule has 0 saturated carbocycles. The van der Waals surface area contributed by atoms with Gasteiger partial charge in [0.05, 0.1) is 7.11 Å². The van der Waals surface area contributed by atoms with Crippen LogP contribution in [-0.4, -0.2) is 72.4 Å². The summed E-state index contributed by atoms with van der Waals surface area (Å²) < 4.78 is 17.4. The summed E-state index contributed by atoms with van der Waals surface area (Å²) in [5.41, 5.74) is 0.559. The number of rotatable bonds is 6. The van der Waals surface area contributed by atoms with Gasteiger partial charge in [-0.3, -0.25) is 9.59 Å². The average molecular weight is 516 g/mol. The molecule has 2 aromatic rings. The predicted octanol–water partition coefficient (Wildman–Crippen LogP) is 3.82. The van der Waals surface area contributed by atoms with E-state index in [-0.39, 0.29) is 6.61 Å². The lowest BCUT2D eigenvalue weighted by Gasteiger charge is -2.45. The molecule has 1 N–H and O–H groups in total. The maximum Gasteiger partial charge on any atom is 0.243 e. The molecule has 1 aliphatic carbocycles. The van der Waals surface area contributed by atoms with Gasteiger partial charge in [0.15, 0.2) is 0 Å². The number of hydrogen-bond acceptors (Lipinski definition) is 8. The number of halogens is 1. The highest BCUT2D eigenvalue weighted by molar-refractivity contribution is 8.04. The van der Waals surface area contributed by atoms with Crippen LogP contribution in [0.4, 0.5) is 0 Å². The Hall–Kier alpha value is -2.52. The number of benzene rings is 2. The zero-order chi connectivity index (χ0) is 24.6. The molecule has 0 radical (unpaired) electrons. The number of carbonyl (C=O) groups excluding carboxylic acids is 2. The average Bonchev–Trinajstić information content (AvgIpc) is 2.88. The van der Waals surface area contributed by atoms with Crippen molar-refractivity contribution in [2.45, 2.75) is 24.5 Å². The summed E-state index contributed by atoms with van der Waals surface area (Å²) in [7, 11) is 1.53. The minimum Gasteiger partial charge on any atom is -0.497 e. The van der Waals surface area contributed by atoms with Gasteiger partial charge in [0, 0.05) is 54.4 Å². The van der Waals surface area contributed by atoms with Gasteiger partial charge in [-0.2, -0.15) is 0 Å². The third-order valence-corrected chi connectivity index (χ3v) is 8.21. The zero-order valence-corrected chi connectivity index (χ0v) is 20.9. The fourth-order valence-electron chi connectivity index (χ4n) is 4.63. The van der Waals surface area contributed by atoms with Crippen LogP contribution in [0.1, 0.15) is 28.8 Å². The van der Waals surface area contributed by atoms with Crippen molar-refractivity contribution in [3.05, 3.63) is 63.5 Å². The standard InChI is InChI=1S/C26H26ClNO6S/c1-32-19-6-7-20-21(12-19)22(30)23(31)25-24(20)34-26(15-35-25)8-10-28(11-9-26)13-17(29)14-33-18-4-2-16(27)3-5-18/h2-7,12,17,29H,8-11,13-15H2,1H3/t17-/m0/s1. The van der Waals surface area contributed by atoms with E-state index >= 15 is 0 Å². The maximum atomic E-state index is 12.7.